The Bertz CT molecular complexity index is 791. The summed E-state index contributed by atoms with van der Waals surface area (Å²) in [5, 5.41) is 3.38. The van der Waals surface area contributed by atoms with Gasteiger partial charge in [-0.2, -0.15) is 0 Å². The third kappa shape index (κ3) is 5.66. The van der Waals surface area contributed by atoms with Crippen LogP contribution in [0.2, 0.25) is 0 Å². The quantitative estimate of drug-likeness (QED) is 0.680. The first-order chi connectivity index (χ1) is 14.8. The van der Waals surface area contributed by atoms with Gasteiger partial charge in [0.25, 0.3) is 0 Å². The molecule has 6 nitrogen and oxygen atoms in total. The van der Waals surface area contributed by atoms with Gasteiger partial charge in [-0.05, 0) is 68.1 Å². The molecular formula is C24H30N2O4. The second kappa shape index (κ2) is 10.3. The minimum absolute atomic E-state index is 0.0341. The van der Waals surface area contributed by atoms with E-state index >= 15 is 0 Å². The van der Waals surface area contributed by atoms with Gasteiger partial charge in [0.15, 0.2) is 0 Å². The number of carbonyl (C=O) groups excluding carboxylic acids is 1. The lowest BCUT2D eigenvalue weighted by Crippen LogP contribution is -2.39. The molecule has 0 spiro atoms. The number of cyclic esters (lactones) is 1. The third-order valence-corrected chi connectivity index (χ3v) is 5.83. The number of nitrogens with zero attached hydrogens (tertiary/aromatic N) is 1. The van der Waals surface area contributed by atoms with Gasteiger partial charge in [0.2, 0.25) is 0 Å². The molecule has 2 aliphatic rings. The molecule has 30 heavy (non-hydrogen) atoms. The van der Waals surface area contributed by atoms with Gasteiger partial charge in [-0.1, -0.05) is 30.3 Å². The Hall–Kier alpha value is -2.73. The van der Waals surface area contributed by atoms with Crippen LogP contribution in [-0.2, 0) is 11.3 Å². The third-order valence-electron chi connectivity index (χ3n) is 5.83. The van der Waals surface area contributed by atoms with Crippen LogP contribution in [0.3, 0.4) is 0 Å². The molecule has 0 unspecified atom stereocenters. The van der Waals surface area contributed by atoms with E-state index in [0.717, 1.165) is 43.1 Å². The van der Waals surface area contributed by atoms with Crippen LogP contribution >= 0.6 is 0 Å². The summed E-state index contributed by atoms with van der Waals surface area (Å²) < 4.78 is 17.0. The molecule has 0 aromatic heterocycles. The van der Waals surface area contributed by atoms with Crippen molar-refractivity contribution in [3.05, 3.63) is 60.2 Å². The fraction of sp³-hybridized carbons (Fsp3) is 0.458. The molecule has 1 N–H and O–H groups in total. The van der Waals surface area contributed by atoms with Crippen molar-refractivity contribution in [2.45, 2.75) is 31.9 Å². The lowest BCUT2D eigenvalue weighted by Gasteiger charge is -2.26. The highest BCUT2D eigenvalue weighted by atomic mass is 16.6. The van der Waals surface area contributed by atoms with Gasteiger partial charge in [0.05, 0.1) is 0 Å². The Kier molecular flexibility index (Phi) is 7.08. The second-order valence-electron chi connectivity index (χ2n) is 7.96. The average molecular weight is 411 g/mol. The highest BCUT2D eigenvalue weighted by molar-refractivity contribution is 5.70. The molecule has 6 heteroatoms. The van der Waals surface area contributed by atoms with E-state index in [0.29, 0.717) is 25.7 Å². The van der Waals surface area contributed by atoms with Crippen molar-refractivity contribution < 1.29 is 19.0 Å². The van der Waals surface area contributed by atoms with Crippen LogP contribution in [0.5, 0.6) is 11.5 Å². The smallest absolute Gasteiger partial charge is 0.410 e. The number of ether oxygens (including phenoxy) is 3. The van der Waals surface area contributed by atoms with E-state index in [1.807, 2.05) is 59.5 Å². The molecule has 160 valence electrons. The Labute approximate surface area is 178 Å². The van der Waals surface area contributed by atoms with Crippen molar-refractivity contribution in [2.75, 3.05) is 32.8 Å². The molecule has 2 aromatic rings. The van der Waals surface area contributed by atoms with Crippen LogP contribution in [0.4, 0.5) is 4.79 Å². The zero-order valence-corrected chi connectivity index (χ0v) is 17.3. The summed E-state index contributed by atoms with van der Waals surface area (Å²) >= 11 is 0. The Morgan fingerprint density at radius 1 is 0.967 bits per heavy atom. The van der Waals surface area contributed by atoms with Gasteiger partial charge < -0.3 is 19.5 Å². The minimum atomic E-state index is -0.220. The topological polar surface area (TPSA) is 60.0 Å². The van der Waals surface area contributed by atoms with Crippen LogP contribution in [0.15, 0.2) is 54.6 Å². The van der Waals surface area contributed by atoms with Gasteiger partial charge in [0, 0.05) is 6.54 Å². The fourth-order valence-corrected chi connectivity index (χ4v) is 3.96. The maximum atomic E-state index is 12.1. The first-order valence-corrected chi connectivity index (χ1v) is 10.8. The van der Waals surface area contributed by atoms with Crippen LogP contribution in [0.1, 0.15) is 24.8 Å². The number of rotatable bonds is 9. The number of hydrogen-bond acceptors (Lipinski definition) is 5. The van der Waals surface area contributed by atoms with Gasteiger partial charge in [-0.15, -0.1) is 0 Å². The molecule has 0 bridgehead atoms. The second-order valence-corrected chi connectivity index (χ2v) is 7.96. The van der Waals surface area contributed by atoms with Crippen LogP contribution < -0.4 is 14.8 Å². The van der Waals surface area contributed by atoms with Crippen LogP contribution in [-0.4, -0.2) is 49.9 Å². The average Bonchev–Trinajstić information content (AvgIpc) is 3.16. The molecule has 1 atom stereocenters. The zero-order valence-electron chi connectivity index (χ0n) is 17.3. The van der Waals surface area contributed by atoms with E-state index in [9.17, 15) is 4.79 Å². The number of carbonyl (C=O) groups is 1. The highest BCUT2D eigenvalue weighted by Crippen LogP contribution is 2.22. The largest absolute Gasteiger partial charge is 0.491 e. The van der Waals surface area contributed by atoms with Gasteiger partial charge >= 0.3 is 6.09 Å². The Morgan fingerprint density at radius 3 is 2.40 bits per heavy atom. The summed E-state index contributed by atoms with van der Waals surface area (Å²) in [7, 11) is 0. The number of nitrogens with one attached hydrogen (secondary N) is 1. The van der Waals surface area contributed by atoms with Crippen molar-refractivity contribution >= 4 is 6.09 Å². The van der Waals surface area contributed by atoms with Crippen molar-refractivity contribution in [3.8, 4) is 11.5 Å². The zero-order chi connectivity index (χ0) is 20.6. The van der Waals surface area contributed by atoms with Crippen molar-refractivity contribution in [3.63, 3.8) is 0 Å². The monoisotopic (exact) mass is 410 g/mol. The molecule has 4 rings (SSSR count). The molecular weight excluding hydrogens is 380 g/mol. The number of piperidine rings is 1. The predicted octanol–water partition coefficient (Wildman–Crippen LogP) is 3.85. The van der Waals surface area contributed by atoms with Crippen molar-refractivity contribution in [1.29, 1.82) is 0 Å². The van der Waals surface area contributed by atoms with Gasteiger partial charge in [0.1, 0.15) is 37.4 Å². The lowest BCUT2D eigenvalue weighted by atomic mass is 9.94. The fourth-order valence-electron chi connectivity index (χ4n) is 3.96. The van der Waals surface area contributed by atoms with E-state index in [1.165, 1.54) is 12.8 Å². The van der Waals surface area contributed by atoms with E-state index in [1.54, 1.807) is 0 Å². The maximum absolute atomic E-state index is 12.1. The SMILES string of the molecule is O=C1OC[C@@H](COc2ccc(OCc3ccccc3)cc2)N1CCC1CCNCC1. The van der Waals surface area contributed by atoms with Crippen LogP contribution in [0, 0.1) is 5.92 Å². The maximum Gasteiger partial charge on any atom is 0.410 e. The molecule has 2 heterocycles. The minimum Gasteiger partial charge on any atom is -0.491 e. The van der Waals surface area contributed by atoms with Gasteiger partial charge in [-0.25, -0.2) is 4.79 Å². The van der Waals surface area contributed by atoms with E-state index in [4.69, 9.17) is 14.2 Å². The van der Waals surface area contributed by atoms with Crippen LogP contribution in [0.25, 0.3) is 0 Å². The summed E-state index contributed by atoms with van der Waals surface area (Å²) in [6, 6.07) is 17.7. The summed E-state index contributed by atoms with van der Waals surface area (Å²) in [5.41, 5.74) is 1.13. The van der Waals surface area contributed by atoms with E-state index < -0.39 is 0 Å². The molecule has 1 amide bonds. The molecule has 0 radical (unpaired) electrons. The molecule has 2 aliphatic heterocycles. The molecule has 2 saturated heterocycles. The summed E-state index contributed by atoms with van der Waals surface area (Å²) in [6.07, 6.45) is 3.17. The molecule has 2 aromatic carbocycles. The standard InChI is InChI=1S/C24H30N2O4/c27-24-26(15-12-19-10-13-25-14-11-19)21(18-30-24)17-29-23-8-6-22(7-9-23)28-16-20-4-2-1-3-5-20/h1-9,19,21,25H,10-18H2/t21-/m1/s1. The normalized spacial score (nSPS) is 19.5. The predicted molar refractivity (Wildman–Crippen MR) is 115 cm³/mol. The van der Waals surface area contributed by atoms with Crippen molar-refractivity contribution in [2.24, 2.45) is 5.92 Å². The summed E-state index contributed by atoms with van der Waals surface area (Å²) in [5.74, 6) is 2.25. The summed E-state index contributed by atoms with van der Waals surface area (Å²) in [6.45, 7) is 4.25. The Morgan fingerprint density at radius 2 is 1.67 bits per heavy atom. The first kappa shape index (κ1) is 20.5. The number of amides is 1. The van der Waals surface area contributed by atoms with E-state index in [-0.39, 0.29) is 12.1 Å². The van der Waals surface area contributed by atoms with Crippen molar-refractivity contribution in [1.82, 2.24) is 10.2 Å². The number of benzene rings is 2. The molecule has 0 aliphatic carbocycles. The highest BCUT2D eigenvalue weighted by Gasteiger charge is 2.33. The molecule has 0 saturated carbocycles. The lowest BCUT2D eigenvalue weighted by molar-refractivity contribution is 0.151. The number of hydrogen-bond donors (Lipinski definition) is 1. The summed E-state index contributed by atoms with van der Waals surface area (Å²) in [4.78, 5) is 14.0. The molecule has 2 fully saturated rings. The Balaban J connectivity index is 1.23. The van der Waals surface area contributed by atoms with Gasteiger partial charge in [-0.3, -0.25) is 4.90 Å². The first-order valence-electron chi connectivity index (χ1n) is 10.8. The van der Waals surface area contributed by atoms with E-state index in [2.05, 4.69) is 5.32 Å².